The second kappa shape index (κ2) is 13.1. The van der Waals surface area contributed by atoms with Crippen LogP contribution >= 0.6 is 0 Å². The molecule has 0 spiro atoms. The van der Waals surface area contributed by atoms with Crippen molar-refractivity contribution in [2.45, 2.75) is 13.3 Å². The first-order chi connectivity index (χ1) is 27.7. The molecule has 56 heavy (non-hydrogen) atoms. The number of allylic oxidation sites excluding steroid dienone is 4. The molecule has 1 nitrogen and oxygen atoms in total. The van der Waals surface area contributed by atoms with E-state index in [1.807, 2.05) is 0 Å². The van der Waals surface area contributed by atoms with Gasteiger partial charge in [-0.15, -0.1) is 0 Å². The SMILES string of the molecule is CC1CC=CC2=C1c1ccccc1-c1ccccc1-c1cc(N(c3ccccc3)c3ccc4c(c3)-c3ccccc3-c3ccccc3-c3ccccc3-4)ccc12. The number of fused-ring (bicyclic) bond motifs is 15. The average Bonchev–Trinajstić information content (AvgIpc) is 3.26. The molecular weight excluding hydrogens is 675 g/mol. The van der Waals surface area contributed by atoms with Gasteiger partial charge in [0.2, 0.25) is 0 Å². The Bertz CT molecular complexity index is 2900. The van der Waals surface area contributed by atoms with E-state index < -0.39 is 0 Å². The Labute approximate surface area is 329 Å². The van der Waals surface area contributed by atoms with Crippen LogP contribution < -0.4 is 4.90 Å². The summed E-state index contributed by atoms with van der Waals surface area (Å²) in [4.78, 5) is 2.44. The third kappa shape index (κ3) is 5.08. The lowest BCUT2D eigenvalue weighted by Gasteiger charge is -2.31. The molecule has 0 aromatic heterocycles. The maximum absolute atomic E-state index is 2.44. The van der Waals surface area contributed by atoms with Crippen LogP contribution in [0, 0.1) is 5.92 Å². The van der Waals surface area contributed by atoms with Crippen molar-refractivity contribution in [1.29, 1.82) is 0 Å². The summed E-state index contributed by atoms with van der Waals surface area (Å²) in [6.45, 7) is 2.38. The quantitative estimate of drug-likeness (QED) is 0.176. The maximum Gasteiger partial charge on any atom is 0.0468 e. The summed E-state index contributed by atoms with van der Waals surface area (Å²) in [6.07, 6.45) is 5.78. The van der Waals surface area contributed by atoms with Gasteiger partial charge in [-0.2, -0.15) is 0 Å². The van der Waals surface area contributed by atoms with Crippen LogP contribution in [0.2, 0.25) is 0 Å². The Kier molecular flexibility index (Phi) is 7.60. The smallest absolute Gasteiger partial charge is 0.0468 e. The molecule has 0 bridgehead atoms. The van der Waals surface area contributed by atoms with Crippen molar-refractivity contribution in [3.63, 3.8) is 0 Å². The molecule has 264 valence electrons. The standard InChI is InChI=1S/C55H39N/c1-36-16-15-29-52-50-33-31-39(35-54(50)48-27-12-10-24-45(48)46-25-13-14-28-51(46)55(36)52)56(37-17-3-2-4-18-37)38-30-32-49-44-23-8-7-21-42(44)40-19-5-6-20-41(40)43-22-9-11-26-47(43)53(49)34-38/h2-15,17-36H,16H2,1H3. The minimum atomic E-state index is 0.415. The van der Waals surface area contributed by atoms with Crippen LogP contribution in [0.15, 0.2) is 200 Å². The van der Waals surface area contributed by atoms with Crippen LogP contribution in [-0.4, -0.2) is 0 Å². The molecule has 1 unspecified atom stereocenters. The average molecular weight is 714 g/mol. The molecule has 0 radical (unpaired) electrons. The molecule has 0 saturated carbocycles. The van der Waals surface area contributed by atoms with Crippen molar-refractivity contribution in [2.24, 2.45) is 5.92 Å². The van der Waals surface area contributed by atoms with Gasteiger partial charge in [0.1, 0.15) is 0 Å². The van der Waals surface area contributed by atoms with E-state index in [0.717, 1.165) is 23.5 Å². The van der Waals surface area contributed by atoms with Crippen LogP contribution in [0.25, 0.3) is 77.9 Å². The summed E-state index contributed by atoms with van der Waals surface area (Å²) in [5.74, 6) is 0.415. The first-order valence-corrected chi connectivity index (χ1v) is 19.7. The van der Waals surface area contributed by atoms with E-state index in [1.54, 1.807) is 0 Å². The summed E-state index contributed by atoms with van der Waals surface area (Å²) in [5.41, 5.74) is 23.8. The highest BCUT2D eigenvalue weighted by molar-refractivity contribution is 6.09. The summed E-state index contributed by atoms with van der Waals surface area (Å²) in [5, 5.41) is 0. The van der Waals surface area contributed by atoms with E-state index in [1.165, 1.54) is 89.0 Å². The molecule has 1 heteroatoms. The van der Waals surface area contributed by atoms with Crippen molar-refractivity contribution < 1.29 is 0 Å². The topological polar surface area (TPSA) is 3.24 Å². The molecule has 0 amide bonds. The van der Waals surface area contributed by atoms with Crippen LogP contribution in [-0.2, 0) is 0 Å². The highest BCUT2D eigenvalue weighted by atomic mass is 15.1. The molecule has 3 aliphatic rings. The van der Waals surface area contributed by atoms with E-state index in [-0.39, 0.29) is 0 Å². The summed E-state index contributed by atoms with van der Waals surface area (Å²) < 4.78 is 0. The monoisotopic (exact) mass is 713 g/mol. The maximum atomic E-state index is 2.44. The van der Waals surface area contributed by atoms with Gasteiger partial charge in [0.25, 0.3) is 0 Å². The zero-order chi connectivity index (χ0) is 37.2. The van der Waals surface area contributed by atoms with Crippen molar-refractivity contribution in [3.05, 3.63) is 211 Å². The van der Waals surface area contributed by atoms with Crippen molar-refractivity contribution in [3.8, 4) is 66.8 Å². The third-order valence-electron chi connectivity index (χ3n) is 12.1. The van der Waals surface area contributed by atoms with E-state index in [9.17, 15) is 0 Å². The molecule has 8 aromatic carbocycles. The summed E-state index contributed by atoms with van der Waals surface area (Å²) in [6, 6.07) is 69.7. The lowest BCUT2D eigenvalue weighted by Crippen LogP contribution is -2.12. The van der Waals surface area contributed by atoms with Gasteiger partial charge in [-0.3, -0.25) is 0 Å². The lowest BCUT2D eigenvalue weighted by atomic mass is 9.75. The minimum Gasteiger partial charge on any atom is -0.310 e. The molecule has 0 saturated heterocycles. The zero-order valence-corrected chi connectivity index (χ0v) is 31.3. The van der Waals surface area contributed by atoms with E-state index in [0.29, 0.717) is 5.92 Å². The number of rotatable bonds is 3. The number of hydrogen-bond acceptors (Lipinski definition) is 1. The number of nitrogens with zero attached hydrogens (tertiary/aromatic N) is 1. The van der Waals surface area contributed by atoms with Crippen molar-refractivity contribution in [1.82, 2.24) is 0 Å². The number of para-hydroxylation sites is 1. The zero-order valence-electron chi connectivity index (χ0n) is 31.3. The second-order valence-corrected chi connectivity index (χ2v) is 15.2. The van der Waals surface area contributed by atoms with E-state index >= 15 is 0 Å². The third-order valence-corrected chi connectivity index (χ3v) is 12.1. The fourth-order valence-corrected chi connectivity index (χ4v) is 9.56. The van der Waals surface area contributed by atoms with Gasteiger partial charge in [-0.05, 0) is 138 Å². The minimum absolute atomic E-state index is 0.415. The number of hydrogen-bond donors (Lipinski definition) is 0. The van der Waals surface area contributed by atoms with Crippen molar-refractivity contribution >= 4 is 28.2 Å². The van der Waals surface area contributed by atoms with Crippen molar-refractivity contribution in [2.75, 3.05) is 4.90 Å². The Balaban J connectivity index is 1.16. The second-order valence-electron chi connectivity index (χ2n) is 15.2. The summed E-state index contributed by atoms with van der Waals surface area (Å²) >= 11 is 0. The highest BCUT2D eigenvalue weighted by Gasteiger charge is 2.28. The van der Waals surface area contributed by atoms with Gasteiger partial charge in [-0.25, -0.2) is 0 Å². The largest absolute Gasteiger partial charge is 0.310 e. The van der Waals surface area contributed by atoms with Gasteiger partial charge >= 0.3 is 0 Å². The number of anilines is 3. The molecule has 0 aliphatic heterocycles. The summed E-state index contributed by atoms with van der Waals surface area (Å²) in [7, 11) is 0. The molecule has 8 aromatic rings. The molecule has 0 fully saturated rings. The Morgan fingerprint density at radius 1 is 0.339 bits per heavy atom. The van der Waals surface area contributed by atoms with E-state index in [4.69, 9.17) is 0 Å². The number of benzene rings is 8. The molecule has 11 rings (SSSR count). The Morgan fingerprint density at radius 2 is 0.696 bits per heavy atom. The normalized spacial score (nSPS) is 14.5. The van der Waals surface area contributed by atoms with Crippen LogP contribution in [0.5, 0.6) is 0 Å². The highest BCUT2D eigenvalue weighted by Crippen LogP contribution is 2.52. The van der Waals surface area contributed by atoms with Gasteiger partial charge in [0.15, 0.2) is 0 Å². The Morgan fingerprint density at radius 3 is 1.18 bits per heavy atom. The predicted octanol–water partition coefficient (Wildman–Crippen LogP) is 15.3. The molecule has 0 N–H and O–H groups in total. The molecular formula is C55H39N. The first kappa shape index (κ1) is 32.5. The van der Waals surface area contributed by atoms with E-state index in [2.05, 4.69) is 212 Å². The molecule has 3 aliphatic carbocycles. The van der Waals surface area contributed by atoms with Gasteiger partial charge < -0.3 is 4.90 Å². The molecule has 1 atom stereocenters. The molecule has 0 heterocycles. The van der Waals surface area contributed by atoms with Crippen LogP contribution in [0.3, 0.4) is 0 Å². The first-order valence-electron chi connectivity index (χ1n) is 19.7. The lowest BCUT2D eigenvalue weighted by molar-refractivity contribution is 0.761. The van der Waals surface area contributed by atoms with Crippen LogP contribution in [0.1, 0.15) is 24.5 Å². The van der Waals surface area contributed by atoms with Gasteiger partial charge in [0, 0.05) is 17.1 Å². The Hall–Kier alpha value is -6.96. The predicted molar refractivity (Wildman–Crippen MR) is 237 cm³/mol. The van der Waals surface area contributed by atoms with Crippen LogP contribution in [0.4, 0.5) is 17.1 Å². The van der Waals surface area contributed by atoms with Gasteiger partial charge in [-0.1, -0.05) is 171 Å². The van der Waals surface area contributed by atoms with Gasteiger partial charge in [0.05, 0.1) is 0 Å². The fraction of sp³-hybridized carbons (Fsp3) is 0.0545. The fourth-order valence-electron chi connectivity index (χ4n) is 9.56.